The molecule has 0 amide bonds. The molecular weight excluding hydrogens is 452 g/mol. The van der Waals surface area contributed by atoms with Crippen molar-refractivity contribution in [3.05, 3.63) is 0 Å². The summed E-state index contributed by atoms with van der Waals surface area (Å²) < 4.78 is 24.1. The SMILES string of the molecule is CCCCC(=O)CCCS(=O)(=O)CC(=O)CCCCCCCCCCCCCCCCC(=O)O. The Morgan fingerprint density at radius 3 is 1.35 bits per heavy atom. The normalized spacial score (nSPS) is 11.6. The zero-order valence-electron chi connectivity index (χ0n) is 21.7. The van der Waals surface area contributed by atoms with Gasteiger partial charge in [-0.3, -0.25) is 14.4 Å². The van der Waals surface area contributed by atoms with Gasteiger partial charge >= 0.3 is 5.97 Å². The Kier molecular flexibility index (Phi) is 21.4. The van der Waals surface area contributed by atoms with E-state index >= 15 is 0 Å². The summed E-state index contributed by atoms with van der Waals surface area (Å²) in [6.45, 7) is 2.02. The van der Waals surface area contributed by atoms with Crippen molar-refractivity contribution < 1.29 is 27.9 Å². The van der Waals surface area contributed by atoms with Gasteiger partial charge in [0.2, 0.25) is 0 Å². The molecule has 0 aromatic carbocycles. The van der Waals surface area contributed by atoms with Crippen molar-refractivity contribution >= 4 is 27.4 Å². The van der Waals surface area contributed by atoms with E-state index in [0.717, 1.165) is 51.4 Å². The fourth-order valence-corrected chi connectivity index (χ4v) is 5.46. The Labute approximate surface area is 208 Å². The molecule has 0 fully saturated rings. The van der Waals surface area contributed by atoms with Crippen LogP contribution in [-0.2, 0) is 24.2 Å². The second kappa shape index (κ2) is 22.2. The summed E-state index contributed by atoms with van der Waals surface area (Å²) in [7, 11) is -3.39. The number of carboxylic acid groups (broad SMARTS) is 1. The molecule has 200 valence electrons. The van der Waals surface area contributed by atoms with Crippen LogP contribution in [-0.4, -0.2) is 42.6 Å². The van der Waals surface area contributed by atoms with Gasteiger partial charge in [-0.15, -0.1) is 0 Å². The van der Waals surface area contributed by atoms with Crippen LogP contribution in [0.4, 0.5) is 0 Å². The van der Waals surface area contributed by atoms with E-state index in [1.165, 1.54) is 51.4 Å². The van der Waals surface area contributed by atoms with Gasteiger partial charge in [0.1, 0.15) is 17.3 Å². The van der Waals surface area contributed by atoms with Crippen molar-refractivity contribution in [2.75, 3.05) is 11.5 Å². The molecule has 0 aromatic heterocycles. The number of rotatable bonds is 26. The first-order valence-corrected chi connectivity index (χ1v) is 15.5. The summed E-state index contributed by atoms with van der Waals surface area (Å²) in [6.07, 6.45) is 19.2. The van der Waals surface area contributed by atoms with Crippen LogP contribution in [0.5, 0.6) is 0 Å². The Balaban J connectivity index is 3.48. The zero-order valence-corrected chi connectivity index (χ0v) is 22.5. The van der Waals surface area contributed by atoms with Gasteiger partial charge in [0.05, 0.1) is 5.75 Å². The quantitative estimate of drug-likeness (QED) is 0.130. The van der Waals surface area contributed by atoms with Gasteiger partial charge in [-0.25, -0.2) is 8.42 Å². The maximum atomic E-state index is 12.1. The van der Waals surface area contributed by atoms with E-state index in [9.17, 15) is 22.8 Å². The molecule has 34 heavy (non-hydrogen) atoms. The van der Waals surface area contributed by atoms with E-state index in [2.05, 4.69) is 0 Å². The summed E-state index contributed by atoms with van der Waals surface area (Å²) in [4.78, 5) is 34.0. The van der Waals surface area contributed by atoms with Crippen molar-refractivity contribution in [2.45, 2.75) is 142 Å². The Bertz CT molecular complexity index is 642. The smallest absolute Gasteiger partial charge is 0.303 e. The van der Waals surface area contributed by atoms with Crippen molar-refractivity contribution in [3.63, 3.8) is 0 Å². The lowest BCUT2D eigenvalue weighted by Gasteiger charge is -2.05. The second-order valence-electron chi connectivity index (χ2n) is 9.72. The highest BCUT2D eigenvalue weighted by Crippen LogP contribution is 2.14. The summed E-state index contributed by atoms with van der Waals surface area (Å²) in [6, 6.07) is 0. The number of carboxylic acids is 1. The highest BCUT2D eigenvalue weighted by molar-refractivity contribution is 7.92. The largest absolute Gasteiger partial charge is 0.481 e. The number of Topliss-reactive ketones (excluding diaryl/α,β-unsaturated/α-hetero) is 2. The summed E-state index contributed by atoms with van der Waals surface area (Å²) in [5.41, 5.74) is 0. The number of hydrogen-bond donors (Lipinski definition) is 1. The minimum atomic E-state index is -3.39. The lowest BCUT2D eigenvalue weighted by Crippen LogP contribution is -2.19. The first-order chi connectivity index (χ1) is 16.3. The van der Waals surface area contributed by atoms with Crippen LogP contribution in [0.2, 0.25) is 0 Å². The van der Waals surface area contributed by atoms with Crippen LogP contribution in [0.1, 0.15) is 142 Å². The van der Waals surface area contributed by atoms with Crippen molar-refractivity contribution in [1.82, 2.24) is 0 Å². The third-order valence-electron chi connectivity index (χ3n) is 6.20. The molecule has 0 bridgehead atoms. The third kappa shape index (κ3) is 23.9. The number of hydrogen-bond acceptors (Lipinski definition) is 5. The van der Waals surface area contributed by atoms with Crippen LogP contribution in [0.3, 0.4) is 0 Å². The molecule has 1 N–H and O–H groups in total. The lowest BCUT2D eigenvalue weighted by atomic mass is 10.0. The minimum absolute atomic E-state index is 0.0661. The van der Waals surface area contributed by atoms with Gasteiger partial charge in [0, 0.05) is 25.7 Å². The standard InChI is InChI=1S/C27H50O6S/c1-2-3-19-25(28)21-18-23-34(32,33)24-26(29)20-16-14-12-10-8-6-4-5-7-9-11-13-15-17-22-27(30)31/h2-24H2,1H3,(H,30,31). The molecule has 0 aliphatic rings. The van der Waals surface area contributed by atoms with Gasteiger partial charge in [-0.05, 0) is 25.7 Å². The second-order valence-corrected chi connectivity index (χ2v) is 11.9. The molecule has 0 aromatic rings. The van der Waals surface area contributed by atoms with E-state index in [-0.39, 0.29) is 23.1 Å². The molecule has 0 aliphatic heterocycles. The molecule has 0 atom stereocenters. The van der Waals surface area contributed by atoms with Crippen LogP contribution in [0.25, 0.3) is 0 Å². The first kappa shape index (κ1) is 32.8. The van der Waals surface area contributed by atoms with Crippen LogP contribution < -0.4 is 0 Å². The number of carbonyl (C=O) groups is 3. The average molecular weight is 503 g/mol. The number of carbonyl (C=O) groups excluding carboxylic acids is 2. The predicted octanol–water partition coefficient (Wildman–Crippen LogP) is 6.84. The highest BCUT2D eigenvalue weighted by atomic mass is 32.2. The van der Waals surface area contributed by atoms with Gasteiger partial charge in [0.25, 0.3) is 0 Å². The predicted molar refractivity (Wildman–Crippen MR) is 139 cm³/mol. The molecule has 0 radical (unpaired) electrons. The Morgan fingerprint density at radius 2 is 0.912 bits per heavy atom. The first-order valence-electron chi connectivity index (χ1n) is 13.7. The van der Waals surface area contributed by atoms with Gasteiger partial charge in [-0.2, -0.15) is 0 Å². The van der Waals surface area contributed by atoms with Crippen LogP contribution in [0, 0.1) is 0 Å². The topological polar surface area (TPSA) is 106 Å². The van der Waals surface area contributed by atoms with Gasteiger partial charge in [0.15, 0.2) is 9.84 Å². The van der Waals surface area contributed by atoms with Crippen molar-refractivity contribution in [3.8, 4) is 0 Å². The molecule has 0 heterocycles. The molecule has 0 unspecified atom stereocenters. The Morgan fingerprint density at radius 1 is 0.529 bits per heavy atom. The number of sulfone groups is 1. The van der Waals surface area contributed by atoms with Crippen molar-refractivity contribution in [2.24, 2.45) is 0 Å². The number of aliphatic carboxylic acids is 1. The number of unbranched alkanes of at least 4 members (excludes halogenated alkanes) is 14. The zero-order chi connectivity index (χ0) is 25.5. The third-order valence-corrected chi connectivity index (χ3v) is 7.87. The summed E-state index contributed by atoms with van der Waals surface area (Å²) in [5.74, 6) is -1.22. The number of ketones is 2. The van der Waals surface area contributed by atoms with Gasteiger partial charge < -0.3 is 5.11 Å². The van der Waals surface area contributed by atoms with Crippen molar-refractivity contribution in [1.29, 1.82) is 0 Å². The monoisotopic (exact) mass is 502 g/mol. The minimum Gasteiger partial charge on any atom is -0.481 e. The average Bonchev–Trinajstić information content (AvgIpc) is 2.76. The molecule has 0 spiro atoms. The van der Waals surface area contributed by atoms with E-state index in [0.29, 0.717) is 32.1 Å². The summed E-state index contributed by atoms with van der Waals surface area (Å²) in [5, 5.41) is 8.59. The van der Waals surface area contributed by atoms with E-state index in [4.69, 9.17) is 5.11 Å². The molecule has 7 heteroatoms. The van der Waals surface area contributed by atoms with E-state index in [1.807, 2.05) is 6.92 Å². The lowest BCUT2D eigenvalue weighted by molar-refractivity contribution is -0.137. The maximum Gasteiger partial charge on any atom is 0.303 e. The maximum absolute atomic E-state index is 12.1. The van der Waals surface area contributed by atoms with Crippen LogP contribution in [0.15, 0.2) is 0 Å². The van der Waals surface area contributed by atoms with Gasteiger partial charge in [-0.1, -0.05) is 90.4 Å². The molecule has 0 rings (SSSR count). The van der Waals surface area contributed by atoms with E-state index in [1.54, 1.807) is 0 Å². The Hall–Kier alpha value is -1.24. The fourth-order valence-electron chi connectivity index (χ4n) is 4.10. The fraction of sp³-hybridized carbons (Fsp3) is 0.889. The molecule has 0 saturated heterocycles. The van der Waals surface area contributed by atoms with Crippen LogP contribution >= 0.6 is 0 Å². The molecule has 0 saturated carbocycles. The summed E-state index contributed by atoms with van der Waals surface area (Å²) >= 11 is 0. The molecular formula is C27H50O6S. The molecule has 0 aliphatic carbocycles. The highest BCUT2D eigenvalue weighted by Gasteiger charge is 2.16. The molecule has 6 nitrogen and oxygen atoms in total. The van der Waals surface area contributed by atoms with E-state index < -0.39 is 15.8 Å².